The van der Waals surface area contributed by atoms with E-state index in [0.29, 0.717) is 11.8 Å². The lowest BCUT2D eigenvalue weighted by molar-refractivity contribution is 0.231. The van der Waals surface area contributed by atoms with E-state index < -0.39 is 0 Å². The van der Waals surface area contributed by atoms with E-state index >= 15 is 0 Å². The minimum absolute atomic E-state index is 0.112. The molecular weight excluding hydrogens is 278 g/mol. The van der Waals surface area contributed by atoms with Gasteiger partial charge in [-0.05, 0) is 38.2 Å². The predicted octanol–water partition coefficient (Wildman–Crippen LogP) is 2.07. The maximum atomic E-state index is 5.63. The summed E-state index contributed by atoms with van der Waals surface area (Å²) in [4.78, 5) is 11.1. The molecule has 6 heteroatoms. The largest absolute Gasteiger partial charge is 0.474 e. The molecule has 0 amide bonds. The number of aryl methyl sites for hydroxylation is 1. The van der Waals surface area contributed by atoms with E-state index in [-0.39, 0.29) is 6.10 Å². The Bertz CT molecular complexity index is 625. The van der Waals surface area contributed by atoms with Crippen molar-refractivity contribution in [1.29, 1.82) is 0 Å². The first-order valence-corrected chi connectivity index (χ1v) is 7.81. The van der Waals surface area contributed by atoms with Crippen LogP contribution in [0.4, 0.5) is 5.82 Å². The second-order valence-corrected chi connectivity index (χ2v) is 6.21. The van der Waals surface area contributed by atoms with Crippen LogP contribution in [0.1, 0.15) is 25.8 Å². The van der Waals surface area contributed by atoms with Crippen molar-refractivity contribution in [3.63, 3.8) is 0 Å². The number of nitrogens with zero attached hydrogens (tertiary/aromatic N) is 5. The first-order chi connectivity index (χ1) is 10.6. The molecule has 1 unspecified atom stereocenters. The second kappa shape index (κ2) is 6.34. The number of ether oxygens (including phenoxy) is 1. The summed E-state index contributed by atoms with van der Waals surface area (Å²) >= 11 is 0. The van der Waals surface area contributed by atoms with Gasteiger partial charge in [0.2, 0.25) is 5.88 Å². The lowest BCUT2D eigenvalue weighted by Crippen LogP contribution is -2.22. The quantitative estimate of drug-likeness (QED) is 0.846. The monoisotopic (exact) mass is 301 g/mol. The minimum Gasteiger partial charge on any atom is -0.474 e. The second-order valence-electron chi connectivity index (χ2n) is 6.21. The summed E-state index contributed by atoms with van der Waals surface area (Å²) in [7, 11) is 1.96. The molecule has 0 aromatic carbocycles. The van der Waals surface area contributed by atoms with Crippen molar-refractivity contribution in [3.8, 4) is 5.88 Å². The Morgan fingerprint density at radius 2 is 2.18 bits per heavy atom. The average molecular weight is 301 g/mol. The zero-order chi connectivity index (χ0) is 15.5. The van der Waals surface area contributed by atoms with Crippen LogP contribution < -0.4 is 9.64 Å². The highest BCUT2D eigenvalue weighted by Gasteiger charge is 2.24. The van der Waals surface area contributed by atoms with E-state index in [9.17, 15) is 0 Å². The molecular formula is C16H23N5O. The molecule has 1 fully saturated rings. The van der Waals surface area contributed by atoms with Gasteiger partial charge in [0.05, 0.1) is 24.7 Å². The lowest BCUT2D eigenvalue weighted by atomic mass is 10.0. The smallest absolute Gasteiger partial charge is 0.234 e. The molecule has 118 valence electrons. The van der Waals surface area contributed by atoms with Crippen molar-refractivity contribution >= 4 is 5.82 Å². The van der Waals surface area contributed by atoms with Crippen LogP contribution in [0.25, 0.3) is 0 Å². The normalized spacial score (nSPS) is 18.2. The molecule has 1 saturated heterocycles. The molecule has 0 saturated carbocycles. The maximum absolute atomic E-state index is 5.63. The third kappa shape index (κ3) is 3.55. The molecule has 0 N–H and O–H groups in total. The standard InChI is InChI=1S/C16H23N5O/c1-12(2)22-16-9-17-8-15(19-16)21-5-4-13(11-21)6-14-7-18-20(3)10-14/h7-10,12-13H,4-6,11H2,1-3H3. The first kappa shape index (κ1) is 14.8. The first-order valence-electron chi connectivity index (χ1n) is 7.81. The van der Waals surface area contributed by atoms with Gasteiger partial charge in [-0.25, -0.2) is 0 Å². The highest BCUT2D eigenvalue weighted by atomic mass is 16.5. The van der Waals surface area contributed by atoms with E-state index in [1.807, 2.05) is 38.0 Å². The van der Waals surface area contributed by atoms with Gasteiger partial charge >= 0.3 is 0 Å². The van der Waals surface area contributed by atoms with Crippen LogP contribution in [-0.4, -0.2) is 38.9 Å². The van der Waals surface area contributed by atoms with Crippen LogP contribution in [0.2, 0.25) is 0 Å². The van der Waals surface area contributed by atoms with Crippen molar-refractivity contribution in [2.75, 3.05) is 18.0 Å². The maximum Gasteiger partial charge on any atom is 0.234 e. The van der Waals surface area contributed by atoms with Gasteiger partial charge in [-0.2, -0.15) is 10.1 Å². The summed E-state index contributed by atoms with van der Waals surface area (Å²) in [6.07, 6.45) is 9.90. The van der Waals surface area contributed by atoms with Crippen LogP contribution in [0.5, 0.6) is 5.88 Å². The third-order valence-electron chi connectivity index (χ3n) is 3.85. The summed E-state index contributed by atoms with van der Waals surface area (Å²) in [6, 6.07) is 0. The van der Waals surface area contributed by atoms with E-state index in [4.69, 9.17) is 4.74 Å². The van der Waals surface area contributed by atoms with Crippen LogP contribution in [0.3, 0.4) is 0 Å². The molecule has 22 heavy (non-hydrogen) atoms. The van der Waals surface area contributed by atoms with Crippen LogP contribution >= 0.6 is 0 Å². The molecule has 2 aromatic heterocycles. The third-order valence-corrected chi connectivity index (χ3v) is 3.85. The van der Waals surface area contributed by atoms with Gasteiger partial charge < -0.3 is 9.64 Å². The molecule has 1 aliphatic heterocycles. The van der Waals surface area contributed by atoms with E-state index in [1.54, 1.807) is 6.20 Å². The summed E-state index contributed by atoms with van der Waals surface area (Å²) in [5.41, 5.74) is 1.30. The van der Waals surface area contributed by atoms with Gasteiger partial charge in [0.1, 0.15) is 0 Å². The van der Waals surface area contributed by atoms with Gasteiger partial charge in [0.25, 0.3) is 0 Å². The van der Waals surface area contributed by atoms with Gasteiger partial charge in [0, 0.05) is 26.3 Å². The zero-order valence-corrected chi connectivity index (χ0v) is 13.4. The van der Waals surface area contributed by atoms with Crippen molar-refractivity contribution in [2.24, 2.45) is 13.0 Å². The van der Waals surface area contributed by atoms with Crippen molar-refractivity contribution in [3.05, 3.63) is 30.4 Å². The Hall–Kier alpha value is -2.11. The average Bonchev–Trinajstić information content (AvgIpc) is 3.08. The molecule has 3 heterocycles. The molecule has 6 nitrogen and oxygen atoms in total. The summed E-state index contributed by atoms with van der Waals surface area (Å²) < 4.78 is 7.49. The van der Waals surface area contributed by atoms with Crippen molar-refractivity contribution in [2.45, 2.75) is 32.8 Å². The van der Waals surface area contributed by atoms with Gasteiger partial charge in [-0.15, -0.1) is 0 Å². The number of hydrogen-bond donors (Lipinski definition) is 0. The Labute approximate surface area is 131 Å². The summed E-state index contributed by atoms with van der Waals surface area (Å²) in [5, 5.41) is 4.24. The Kier molecular flexibility index (Phi) is 4.27. The highest BCUT2D eigenvalue weighted by Crippen LogP contribution is 2.25. The Balaban J connectivity index is 1.62. The molecule has 2 aromatic rings. The lowest BCUT2D eigenvalue weighted by Gasteiger charge is -2.18. The van der Waals surface area contributed by atoms with Gasteiger partial charge in [0.15, 0.2) is 5.82 Å². The molecule has 0 radical (unpaired) electrons. The fraction of sp³-hybridized carbons (Fsp3) is 0.562. The molecule has 0 bridgehead atoms. The minimum atomic E-state index is 0.112. The van der Waals surface area contributed by atoms with Crippen molar-refractivity contribution in [1.82, 2.24) is 19.7 Å². The molecule has 3 rings (SSSR count). The fourth-order valence-electron chi connectivity index (χ4n) is 2.91. The fourth-order valence-corrected chi connectivity index (χ4v) is 2.91. The molecule has 0 aliphatic carbocycles. The summed E-state index contributed by atoms with van der Waals surface area (Å²) in [6.45, 7) is 6.02. The van der Waals surface area contributed by atoms with Crippen LogP contribution in [-0.2, 0) is 13.5 Å². The molecule has 0 spiro atoms. The highest BCUT2D eigenvalue weighted by molar-refractivity contribution is 5.39. The number of anilines is 1. The number of aromatic nitrogens is 4. The zero-order valence-electron chi connectivity index (χ0n) is 13.4. The van der Waals surface area contributed by atoms with Gasteiger partial charge in [-0.1, -0.05) is 0 Å². The van der Waals surface area contributed by atoms with Crippen molar-refractivity contribution < 1.29 is 4.74 Å². The Morgan fingerprint density at radius 1 is 1.32 bits per heavy atom. The summed E-state index contributed by atoms with van der Waals surface area (Å²) in [5.74, 6) is 2.15. The number of hydrogen-bond acceptors (Lipinski definition) is 5. The van der Waals surface area contributed by atoms with E-state index in [0.717, 1.165) is 25.3 Å². The predicted molar refractivity (Wildman–Crippen MR) is 85.0 cm³/mol. The van der Waals surface area contributed by atoms with Gasteiger partial charge in [-0.3, -0.25) is 9.67 Å². The molecule has 1 atom stereocenters. The van der Waals surface area contributed by atoms with Crippen LogP contribution in [0, 0.1) is 5.92 Å². The topological polar surface area (TPSA) is 56.1 Å². The van der Waals surface area contributed by atoms with E-state index in [2.05, 4.69) is 26.2 Å². The van der Waals surface area contributed by atoms with E-state index in [1.165, 1.54) is 12.0 Å². The molecule has 1 aliphatic rings. The Morgan fingerprint density at radius 3 is 2.91 bits per heavy atom. The SMILES string of the molecule is CC(C)Oc1cncc(N2CCC(Cc3cnn(C)c3)C2)n1. The van der Waals surface area contributed by atoms with Crippen LogP contribution in [0.15, 0.2) is 24.8 Å². The number of rotatable bonds is 5.